The van der Waals surface area contributed by atoms with Gasteiger partial charge in [-0.15, -0.1) is 0 Å². The van der Waals surface area contributed by atoms with E-state index in [9.17, 15) is 8.78 Å². The fourth-order valence-electron chi connectivity index (χ4n) is 1.95. The molecule has 1 nitrogen and oxygen atoms in total. The summed E-state index contributed by atoms with van der Waals surface area (Å²) in [5.74, 6) is 0. The predicted octanol–water partition coefficient (Wildman–Crippen LogP) is 4.76. The van der Waals surface area contributed by atoms with E-state index in [0.717, 1.165) is 13.0 Å². The molecule has 17 heavy (non-hydrogen) atoms. The highest BCUT2D eigenvalue weighted by Gasteiger charge is 1.99. The molecule has 0 saturated carbocycles. The quantitative estimate of drug-likeness (QED) is 0.464. The van der Waals surface area contributed by atoms with E-state index in [1.807, 2.05) is 0 Å². The van der Waals surface area contributed by atoms with Crippen molar-refractivity contribution >= 4 is 0 Å². The Kier molecular flexibility index (Phi) is 13.7. The van der Waals surface area contributed by atoms with Crippen molar-refractivity contribution in [2.75, 3.05) is 13.1 Å². The summed E-state index contributed by atoms with van der Waals surface area (Å²) in [7, 11) is 0. The monoisotopic (exact) mass is 249 g/mol. The van der Waals surface area contributed by atoms with E-state index in [-0.39, 0.29) is 6.54 Å². The molecule has 104 valence electrons. The minimum absolute atomic E-state index is 0.155. The van der Waals surface area contributed by atoms with Crippen LogP contribution in [0.3, 0.4) is 0 Å². The molecule has 0 radical (unpaired) electrons. The molecule has 0 rings (SSSR count). The van der Waals surface area contributed by atoms with Crippen molar-refractivity contribution in [1.82, 2.24) is 5.32 Å². The summed E-state index contributed by atoms with van der Waals surface area (Å²) < 4.78 is 23.6. The van der Waals surface area contributed by atoms with Gasteiger partial charge in [0.2, 0.25) is 0 Å². The summed E-state index contributed by atoms with van der Waals surface area (Å²) in [5, 5.41) is 2.76. The van der Waals surface area contributed by atoms with Gasteiger partial charge in [-0.25, -0.2) is 8.78 Å². The third kappa shape index (κ3) is 15.8. The Labute approximate surface area is 105 Å². The number of halogens is 2. The van der Waals surface area contributed by atoms with E-state index in [4.69, 9.17) is 0 Å². The Balaban J connectivity index is 2.89. The third-order valence-corrected chi connectivity index (χ3v) is 3.01. The maximum atomic E-state index is 11.8. The molecule has 0 fully saturated rings. The Hall–Kier alpha value is -0.180. The standard InChI is InChI=1S/C14H29F2N/c1-2-3-4-5-6-7-8-9-10-11-12-17-13-14(15)16/h14,17H,2-13H2,1H3. The summed E-state index contributed by atoms with van der Waals surface area (Å²) in [6.07, 6.45) is 10.7. The van der Waals surface area contributed by atoms with Gasteiger partial charge < -0.3 is 5.32 Å². The molecule has 0 atom stereocenters. The Morgan fingerprint density at radius 2 is 1.24 bits per heavy atom. The number of alkyl halides is 2. The number of hydrogen-bond acceptors (Lipinski definition) is 1. The zero-order valence-corrected chi connectivity index (χ0v) is 11.3. The number of nitrogens with one attached hydrogen (secondary N) is 1. The molecule has 0 aromatic carbocycles. The van der Waals surface area contributed by atoms with E-state index in [0.29, 0.717) is 0 Å². The van der Waals surface area contributed by atoms with Gasteiger partial charge >= 0.3 is 0 Å². The van der Waals surface area contributed by atoms with Crippen LogP contribution in [0.15, 0.2) is 0 Å². The number of rotatable bonds is 13. The van der Waals surface area contributed by atoms with Crippen LogP contribution in [0.4, 0.5) is 8.78 Å². The second-order valence-electron chi connectivity index (χ2n) is 4.78. The lowest BCUT2D eigenvalue weighted by atomic mass is 10.1. The molecule has 0 amide bonds. The second kappa shape index (κ2) is 13.9. The van der Waals surface area contributed by atoms with Gasteiger partial charge in [0, 0.05) is 0 Å². The molecule has 0 spiro atoms. The molecule has 0 bridgehead atoms. The number of unbranched alkanes of at least 4 members (excludes halogenated alkanes) is 9. The maximum absolute atomic E-state index is 11.8. The van der Waals surface area contributed by atoms with Crippen LogP contribution in [-0.2, 0) is 0 Å². The zero-order chi connectivity index (χ0) is 12.8. The van der Waals surface area contributed by atoms with Crippen molar-refractivity contribution in [3.8, 4) is 0 Å². The first-order valence-corrected chi connectivity index (χ1v) is 7.26. The Morgan fingerprint density at radius 3 is 1.71 bits per heavy atom. The lowest BCUT2D eigenvalue weighted by molar-refractivity contribution is 0.146. The van der Waals surface area contributed by atoms with Crippen LogP contribution in [0.2, 0.25) is 0 Å². The minimum Gasteiger partial charge on any atom is -0.311 e. The van der Waals surface area contributed by atoms with Crippen LogP contribution >= 0.6 is 0 Å². The molecule has 0 aliphatic rings. The van der Waals surface area contributed by atoms with Gasteiger partial charge in [-0.05, 0) is 13.0 Å². The van der Waals surface area contributed by atoms with Gasteiger partial charge in [-0.3, -0.25) is 0 Å². The molecule has 0 aromatic rings. The van der Waals surface area contributed by atoms with E-state index < -0.39 is 6.43 Å². The smallest absolute Gasteiger partial charge is 0.250 e. The predicted molar refractivity (Wildman–Crippen MR) is 70.7 cm³/mol. The fraction of sp³-hybridized carbons (Fsp3) is 1.00. The summed E-state index contributed by atoms with van der Waals surface area (Å²) >= 11 is 0. The first-order chi connectivity index (χ1) is 8.27. The van der Waals surface area contributed by atoms with E-state index in [2.05, 4.69) is 12.2 Å². The molecule has 0 heterocycles. The lowest BCUT2D eigenvalue weighted by Gasteiger charge is -2.04. The molecule has 1 N–H and O–H groups in total. The Morgan fingerprint density at radius 1 is 0.765 bits per heavy atom. The van der Waals surface area contributed by atoms with Crippen molar-refractivity contribution in [3.05, 3.63) is 0 Å². The summed E-state index contributed by atoms with van der Waals surface area (Å²) in [6.45, 7) is 2.82. The summed E-state index contributed by atoms with van der Waals surface area (Å²) in [6, 6.07) is 0. The third-order valence-electron chi connectivity index (χ3n) is 3.01. The van der Waals surface area contributed by atoms with Crippen LogP contribution in [0, 0.1) is 0 Å². The van der Waals surface area contributed by atoms with Crippen LogP contribution in [0.5, 0.6) is 0 Å². The first-order valence-electron chi connectivity index (χ1n) is 7.26. The second-order valence-corrected chi connectivity index (χ2v) is 4.78. The fourth-order valence-corrected chi connectivity index (χ4v) is 1.95. The normalized spacial score (nSPS) is 11.3. The number of hydrogen-bond donors (Lipinski definition) is 1. The van der Waals surface area contributed by atoms with Gasteiger partial charge in [0.1, 0.15) is 0 Å². The molecule has 0 aliphatic heterocycles. The highest BCUT2D eigenvalue weighted by Crippen LogP contribution is 2.10. The van der Waals surface area contributed by atoms with Gasteiger partial charge in [0.25, 0.3) is 6.43 Å². The largest absolute Gasteiger partial charge is 0.311 e. The van der Waals surface area contributed by atoms with Crippen LogP contribution < -0.4 is 5.32 Å². The molecular weight excluding hydrogens is 220 g/mol. The summed E-state index contributed by atoms with van der Waals surface area (Å²) in [5.41, 5.74) is 0. The molecule has 0 aliphatic carbocycles. The molecule has 3 heteroatoms. The lowest BCUT2D eigenvalue weighted by Crippen LogP contribution is -2.22. The molecule has 0 unspecified atom stereocenters. The molecular formula is C14H29F2N. The van der Waals surface area contributed by atoms with Crippen LogP contribution in [0.25, 0.3) is 0 Å². The summed E-state index contributed by atoms with van der Waals surface area (Å²) in [4.78, 5) is 0. The minimum atomic E-state index is -2.21. The van der Waals surface area contributed by atoms with E-state index in [1.54, 1.807) is 0 Å². The van der Waals surface area contributed by atoms with Gasteiger partial charge in [0.15, 0.2) is 0 Å². The molecule has 0 aromatic heterocycles. The van der Waals surface area contributed by atoms with E-state index in [1.165, 1.54) is 57.8 Å². The maximum Gasteiger partial charge on any atom is 0.250 e. The van der Waals surface area contributed by atoms with Crippen molar-refractivity contribution in [2.24, 2.45) is 0 Å². The van der Waals surface area contributed by atoms with Gasteiger partial charge in [-0.2, -0.15) is 0 Å². The zero-order valence-electron chi connectivity index (χ0n) is 11.3. The van der Waals surface area contributed by atoms with Crippen LogP contribution in [0.1, 0.15) is 71.1 Å². The van der Waals surface area contributed by atoms with Crippen molar-refractivity contribution in [1.29, 1.82) is 0 Å². The molecule has 0 saturated heterocycles. The topological polar surface area (TPSA) is 12.0 Å². The van der Waals surface area contributed by atoms with Gasteiger partial charge in [-0.1, -0.05) is 64.7 Å². The Bertz CT molecular complexity index is 140. The highest BCUT2D eigenvalue weighted by atomic mass is 19.3. The van der Waals surface area contributed by atoms with Crippen LogP contribution in [-0.4, -0.2) is 19.5 Å². The average molecular weight is 249 g/mol. The van der Waals surface area contributed by atoms with Crippen molar-refractivity contribution < 1.29 is 8.78 Å². The van der Waals surface area contributed by atoms with Gasteiger partial charge in [0.05, 0.1) is 6.54 Å². The van der Waals surface area contributed by atoms with E-state index >= 15 is 0 Å². The highest BCUT2D eigenvalue weighted by molar-refractivity contribution is 4.51. The van der Waals surface area contributed by atoms with Crippen molar-refractivity contribution in [2.45, 2.75) is 77.6 Å². The first kappa shape index (κ1) is 16.8. The SMILES string of the molecule is CCCCCCCCCCCCNCC(F)F. The van der Waals surface area contributed by atoms with Crippen molar-refractivity contribution in [3.63, 3.8) is 0 Å². The average Bonchev–Trinajstić information content (AvgIpc) is 2.30.